The summed E-state index contributed by atoms with van der Waals surface area (Å²) >= 11 is 5.97. The highest BCUT2D eigenvalue weighted by molar-refractivity contribution is 6.30. The van der Waals surface area contributed by atoms with Crippen LogP contribution in [0.1, 0.15) is 11.1 Å². The number of nitrogens with two attached hydrogens (primary N) is 1. The maximum Gasteiger partial charge on any atom is 0.189 e. The van der Waals surface area contributed by atoms with E-state index in [0.29, 0.717) is 25.0 Å². The average Bonchev–Trinajstić information content (AvgIpc) is 2.18. The SMILES string of the molecule is Cl.NCCc1cc(Cl)cc2c1OCOC2. The molecule has 1 aromatic carbocycles. The third-order valence-corrected chi connectivity index (χ3v) is 2.38. The van der Waals surface area contributed by atoms with Gasteiger partial charge in [-0.3, -0.25) is 0 Å². The second-order valence-corrected chi connectivity index (χ2v) is 3.64. The molecule has 0 amide bonds. The molecule has 0 bridgehead atoms. The van der Waals surface area contributed by atoms with Gasteiger partial charge in [0.15, 0.2) is 6.79 Å². The lowest BCUT2D eigenvalue weighted by Crippen LogP contribution is -2.14. The molecular formula is C10H13Cl2NO2. The van der Waals surface area contributed by atoms with Crippen LogP contribution < -0.4 is 10.5 Å². The number of rotatable bonds is 2. The summed E-state index contributed by atoms with van der Waals surface area (Å²) in [7, 11) is 0. The van der Waals surface area contributed by atoms with Crippen molar-refractivity contribution < 1.29 is 9.47 Å². The molecule has 1 aliphatic heterocycles. The van der Waals surface area contributed by atoms with Gasteiger partial charge in [0.05, 0.1) is 6.61 Å². The molecule has 0 aliphatic carbocycles. The van der Waals surface area contributed by atoms with Gasteiger partial charge in [0.2, 0.25) is 0 Å². The molecule has 2 rings (SSSR count). The molecule has 84 valence electrons. The molecule has 1 heterocycles. The number of hydrogen-bond donors (Lipinski definition) is 1. The number of hydrogen-bond acceptors (Lipinski definition) is 3. The topological polar surface area (TPSA) is 44.5 Å². The van der Waals surface area contributed by atoms with Crippen molar-refractivity contribution in [2.45, 2.75) is 13.0 Å². The minimum atomic E-state index is 0. The van der Waals surface area contributed by atoms with Gasteiger partial charge in [-0.2, -0.15) is 0 Å². The molecule has 1 aromatic rings. The van der Waals surface area contributed by atoms with Crippen molar-refractivity contribution in [1.82, 2.24) is 0 Å². The summed E-state index contributed by atoms with van der Waals surface area (Å²) < 4.78 is 10.6. The Hall–Kier alpha value is -0.480. The van der Waals surface area contributed by atoms with E-state index in [-0.39, 0.29) is 12.4 Å². The molecule has 0 spiro atoms. The first-order valence-corrected chi connectivity index (χ1v) is 4.91. The third kappa shape index (κ3) is 2.75. The van der Waals surface area contributed by atoms with E-state index in [1.165, 1.54) is 0 Å². The highest BCUT2D eigenvalue weighted by Gasteiger charge is 2.15. The first-order chi connectivity index (χ1) is 6.81. The van der Waals surface area contributed by atoms with Gasteiger partial charge in [-0.1, -0.05) is 11.6 Å². The Balaban J connectivity index is 0.00000112. The van der Waals surface area contributed by atoms with Crippen LogP contribution in [-0.4, -0.2) is 13.3 Å². The first kappa shape index (κ1) is 12.6. The highest BCUT2D eigenvalue weighted by atomic mass is 35.5. The summed E-state index contributed by atoms with van der Waals surface area (Å²) in [6.07, 6.45) is 0.781. The third-order valence-electron chi connectivity index (χ3n) is 2.17. The Labute approximate surface area is 99.9 Å². The van der Waals surface area contributed by atoms with Crippen molar-refractivity contribution in [3.05, 3.63) is 28.3 Å². The molecule has 0 saturated heterocycles. The standard InChI is InChI=1S/C10H12ClNO2.ClH/c11-9-3-7(1-2-12)10-8(4-9)5-13-6-14-10;/h3-4H,1-2,5-6,12H2;1H. The summed E-state index contributed by atoms with van der Waals surface area (Å²) in [5.74, 6) is 0.895. The Morgan fingerprint density at radius 2 is 2.20 bits per heavy atom. The minimum Gasteiger partial charge on any atom is -0.467 e. The van der Waals surface area contributed by atoms with Crippen LogP contribution in [-0.2, 0) is 17.8 Å². The van der Waals surface area contributed by atoms with Crippen LogP contribution in [0.3, 0.4) is 0 Å². The second-order valence-electron chi connectivity index (χ2n) is 3.20. The van der Waals surface area contributed by atoms with Gasteiger partial charge >= 0.3 is 0 Å². The summed E-state index contributed by atoms with van der Waals surface area (Å²) in [6.45, 7) is 1.47. The van der Waals surface area contributed by atoms with Gasteiger partial charge in [0, 0.05) is 10.6 Å². The van der Waals surface area contributed by atoms with Crippen molar-refractivity contribution in [3.63, 3.8) is 0 Å². The number of halogens is 2. The van der Waals surface area contributed by atoms with Crippen LogP contribution in [0.5, 0.6) is 5.75 Å². The molecule has 0 atom stereocenters. The summed E-state index contributed by atoms with van der Waals surface area (Å²) in [6, 6.07) is 3.77. The predicted molar refractivity (Wildman–Crippen MR) is 61.7 cm³/mol. The Morgan fingerprint density at radius 3 is 2.93 bits per heavy atom. The maximum absolute atomic E-state index is 5.97. The fourth-order valence-electron chi connectivity index (χ4n) is 1.60. The zero-order valence-corrected chi connectivity index (χ0v) is 9.74. The molecular weight excluding hydrogens is 237 g/mol. The monoisotopic (exact) mass is 249 g/mol. The molecule has 0 aromatic heterocycles. The fourth-order valence-corrected chi connectivity index (χ4v) is 1.86. The average molecular weight is 250 g/mol. The lowest BCUT2D eigenvalue weighted by Gasteiger charge is -2.20. The molecule has 0 unspecified atom stereocenters. The van der Waals surface area contributed by atoms with Gasteiger partial charge < -0.3 is 15.2 Å². The Morgan fingerprint density at radius 1 is 1.40 bits per heavy atom. The molecule has 3 nitrogen and oxygen atoms in total. The lowest BCUT2D eigenvalue weighted by molar-refractivity contribution is -0.0170. The zero-order chi connectivity index (χ0) is 9.97. The van der Waals surface area contributed by atoms with E-state index >= 15 is 0 Å². The van der Waals surface area contributed by atoms with Crippen molar-refractivity contribution in [2.75, 3.05) is 13.3 Å². The number of ether oxygens (including phenoxy) is 2. The van der Waals surface area contributed by atoms with Crippen molar-refractivity contribution in [1.29, 1.82) is 0 Å². The van der Waals surface area contributed by atoms with Crippen molar-refractivity contribution in [2.24, 2.45) is 5.73 Å². The van der Waals surface area contributed by atoms with Crippen LogP contribution in [0.25, 0.3) is 0 Å². The van der Waals surface area contributed by atoms with E-state index in [1.807, 2.05) is 12.1 Å². The van der Waals surface area contributed by atoms with E-state index in [1.54, 1.807) is 0 Å². The largest absolute Gasteiger partial charge is 0.467 e. The minimum absolute atomic E-state index is 0. The van der Waals surface area contributed by atoms with Crippen LogP contribution in [0, 0.1) is 0 Å². The lowest BCUT2D eigenvalue weighted by atomic mass is 10.1. The highest BCUT2D eigenvalue weighted by Crippen LogP contribution is 2.31. The van der Waals surface area contributed by atoms with E-state index in [0.717, 1.165) is 23.3 Å². The molecule has 15 heavy (non-hydrogen) atoms. The first-order valence-electron chi connectivity index (χ1n) is 4.53. The van der Waals surface area contributed by atoms with Gasteiger partial charge in [-0.15, -0.1) is 12.4 Å². The van der Waals surface area contributed by atoms with E-state index in [4.69, 9.17) is 26.8 Å². The molecule has 0 saturated carbocycles. The van der Waals surface area contributed by atoms with Crippen LogP contribution in [0.15, 0.2) is 12.1 Å². The van der Waals surface area contributed by atoms with E-state index in [9.17, 15) is 0 Å². The molecule has 0 fully saturated rings. The number of fused-ring (bicyclic) bond motifs is 1. The predicted octanol–water partition coefficient (Wildman–Crippen LogP) is 2.13. The van der Waals surface area contributed by atoms with Gasteiger partial charge in [0.25, 0.3) is 0 Å². The smallest absolute Gasteiger partial charge is 0.189 e. The van der Waals surface area contributed by atoms with Gasteiger partial charge in [-0.05, 0) is 30.7 Å². The van der Waals surface area contributed by atoms with Crippen LogP contribution in [0.4, 0.5) is 0 Å². The molecule has 0 radical (unpaired) electrons. The normalized spacial score (nSPS) is 13.7. The van der Waals surface area contributed by atoms with Crippen molar-refractivity contribution >= 4 is 24.0 Å². The maximum atomic E-state index is 5.97. The van der Waals surface area contributed by atoms with Gasteiger partial charge in [-0.25, -0.2) is 0 Å². The Bertz CT molecular complexity index is 344. The van der Waals surface area contributed by atoms with Crippen LogP contribution >= 0.6 is 24.0 Å². The second kappa shape index (κ2) is 5.56. The number of benzene rings is 1. The molecule has 1 aliphatic rings. The fraction of sp³-hybridized carbons (Fsp3) is 0.400. The van der Waals surface area contributed by atoms with Crippen LogP contribution in [0.2, 0.25) is 5.02 Å². The molecule has 2 N–H and O–H groups in total. The van der Waals surface area contributed by atoms with Crippen molar-refractivity contribution in [3.8, 4) is 5.75 Å². The summed E-state index contributed by atoms with van der Waals surface area (Å²) in [5, 5.41) is 0.710. The van der Waals surface area contributed by atoms with Gasteiger partial charge in [0.1, 0.15) is 5.75 Å². The zero-order valence-electron chi connectivity index (χ0n) is 8.16. The Kier molecular flexibility index (Phi) is 4.67. The quantitative estimate of drug-likeness (QED) is 0.874. The summed E-state index contributed by atoms with van der Waals surface area (Å²) in [4.78, 5) is 0. The van der Waals surface area contributed by atoms with E-state index in [2.05, 4.69) is 0 Å². The summed E-state index contributed by atoms with van der Waals surface area (Å²) in [5.41, 5.74) is 7.59. The molecule has 5 heteroatoms. The van der Waals surface area contributed by atoms with E-state index < -0.39 is 0 Å².